The van der Waals surface area contributed by atoms with Gasteiger partial charge in [-0.05, 0) is 54.9 Å². The Bertz CT molecular complexity index is 909. The Hall–Kier alpha value is -2.96. The Labute approximate surface area is 169 Å². The molecule has 28 heavy (non-hydrogen) atoms. The van der Waals surface area contributed by atoms with Crippen LogP contribution in [-0.4, -0.2) is 30.3 Å². The van der Waals surface area contributed by atoms with Crippen LogP contribution in [0, 0.1) is 0 Å². The molecule has 0 bridgehead atoms. The van der Waals surface area contributed by atoms with Gasteiger partial charge in [-0.3, -0.25) is 14.5 Å². The monoisotopic (exact) mass is 393 g/mol. The van der Waals surface area contributed by atoms with Gasteiger partial charge in [0.2, 0.25) is 5.91 Å². The first-order valence-electron chi connectivity index (χ1n) is 9.09. The number of hydrogen-bond acceptors (Lipinski definition) is 4. The quantitative estimate of drug-likeness (QED) is 0.615. The third kappa shape index (κ3) is 4.85. The third-order valence-electron chi connectivity index (χ3n) is 4.46. The van der Waals surface area contributed by atoms with Gasteiger partial charge in [0.05, 0.1) is 4.88 Å². The van der Waals surface area contributed by atoms with E-state index < -0.39 is 0 Å². The highest BCUT2D eigenvalue weighted by Crippen LogP contribution is 2.22. The molecule has 0 aliphatic carbocycles. The predicted molar refractivity (Wildman–Crippen MR) is 115 cm³/mol. The minimum Gasteiger partial charge on any atom is -0.324 e. The van der Waals surface area contributed by atoms with E-state index in [0.29, 0.717) is 16.3 Å². The Morgan fingerprint density at radius 2 is 1.57 bits per heavy atom. The molecule has 0 aliphatic rings. The number of nitrogens with one attached hydrogen (secondary N) is 2. The van der Waals surface area contributed by atoms with E-state index in [9.17, 15) is 9.59 Å². The minimum atomic E-state index is -0.371. The summed E-state index contributed by atoms with van der Waals surface area (Å²) >= 11 is 1.39. The van der Waals surface area contributed by atoms with Crippen molar-refractivity contribution in [1.82, 2.24) is 4.90 Å². The maximum atomic E-state index is 12.9. The number of amides is 2. The summed E-state index contributed by atoms with van der Waals surface area (Å²) in [4.78, 5) is 27.7. The van der Waals surface area contributed by atoms with E-state index in [0.717, 1.165) is 12.1 Å². The van der Waals surface area contributed by atoms with Crippen molar-refractivity contribution in [2.45, 2.75) is 13.0 Å². The fourth-order valence-corrected chi connectivity index (χ4v) is 3.49. The molecular weight excluding hydrogens is 370 g/mol. The second-order valence-corrected chi connectivity index (χ2v) is 7.33. The van der Waals surface area contributed by atoms with Crippen molar-refractivity contribution in [3.63, 3.8) is 0 Å². The molecule has 1 atom stereocenters. The van der Waals surface area contributed by atoms with E-state index in [1.807, 2.05) is 60.6 Å². The average molecular weight is 394 g/mol. The molecule has 0 spiro atoms. The Morgan fingerprint density at radius 1 is 0.929 bits per heavy atom. The summed E-state index contributed by atoms with van der Waals surface area (Å²) in [7, 11) is 1.93. The number of rotatable bonds is 7. The first-order chi connectivity index (χ1) is 13.6. The lowest BCUT2D eigenvalue weighted by Crippen LogP contribution is -2.34. The van der Waals surface area contributed by atoms with Crippen molar-refractivity contribution in [1.29, 1.82) is 0 Å². The first-order valence-corrected chi connectivity index (χ1v) is 9.97. The first kappa shape index (κ1) is 19.8. The maximum Gasteiger partial charge on any atom is 0.265 e. The zero-order chi connectivity index (χ0) is 19.9. The van der Waals surface area contributed by atoms with Crippen molar-refractivity contribution < 1.29 is 9.59 Å². The minimum absolute atomic E-state index is 0.0917. The van der Waals surface area contributed by atoms with Gasteiger partial charge in [-0.1, -0.05) is 43.3 Å². The second kappa shape index (κ2) is 9.30. The number of carbonyl (C=O) groups is 2. The van der Waals surface area contributed by atoms with Crippen molar-refractivity contribution in [2.24, 2.45) is 0 Å². The highest BCUT2D eigenvalue weighted by atomic mass is 32.1. The topological polar surface area (TPSA) is 61.4 Å². The smallest absolute Gasteiger partial charge is 0.265 e. The van der Waals surface area contributed by atoms with Gasteiger partial charge < -0.3 is 10.6 Å². The van der Waals surface area contributed by atoms with Crippen LogP contribution in [0.5, 0.6) is 0 Å². The highest BCUT2D eigenvalue weighted by molar-refractivity contribution is 7.12. The normalized spacial score (nSPS) is 11.8. The van der Waals surface area contributed by atoms with E-state index in [-0.39, 0.29) is 17.9 Å². The number of likely N-dealkylation sites (N-methyl/N-ethyl adjacent to an activating group) is 1. The number of anilines is 2. The van der Waals surface area contributed by atoms with Gasteiger partial charge in [-0.15, -0.1) is 11.3 Å². The Balaban J connectivity index is 1.68. The third-order valence-corrected chi connectivity index (χ3v) is 5.33. The summed E-state index contributed by atoms with van der Waals surface area (Å²) in [5.41, 5.74) is 2.32. The van der Waals surface area contributed by atoms with Crippen molar-refractivity contribution in [3.05, 3.63) is 82.6 Å². The molecule has 0 aliphatic heterocycles. The molecule has 1 aromatic heterocycles. The molecular formula is C22H23N3O2S. The molecule has 1 unspecified atom stereocenters. The number of benzene rings is 2. The summed E-state index contributed by atoms with van der Waals surface area (Å²) in [5.74, 6) is -0.230. The van der Waals surface area contributed by atoms with Crippen molar-refractivity contribution >= 4 is 34.5 Å². The molecule has 144 valence electrons. The van der Waals surface area contributed by atoms with Crippen LogP contribution in [0.1, 0.15) is 28.2 Å². The van der Waals surface area contributed by atoms with Gasteiger partial charge >= 0.3 is 0 Å². The molecule has 6 heteroatoms. The average Bonchev–Trinajstić information content (AvgIpc) is 3.25. The van der Waals surface area contributed by atoms with Crippen LogP contribution < -0.4 is 10.6 Å². The number of nitrogens with zero attached hydrogens (tertiary/aromatic N) is 1. The van der Waals surface area contributed by atoms with E-state index >= 15 is 0 Å². The lowest BCUT2D eigenvalue weighted by molar-refractivity contribution is -0.121. The molecule has 2 amide bonds. The molecule has 0 saturated heterocycles. The summed E-state index contributed by atoms with van der Waals surface area (Å²) in [6.07, 6.45) is 0. The lowest BCUT2D eigenvalue weighted by Gasteiger charge is -2.26. The molecule has 1 heterocycles. The van der Waals surface area contributed by atoms with E-state index in [1.54, 1.807) is 30.3 Å². The van der Waals surface area contributed by atoms with E-state index in [1.165, 1.54) is 11.3 Å². The van der Waals surface area contributed by atoms with Gasteiger partial charge in [0.25, 0.3) is 5.91 Å². The van der Waals surface area contributed by atoms with Gasteiger partial charge in [-0.2, -0.15) is 0 Å². The SMILES string of the molecule is CCN(C)C(C(=O)Nc1ccc(NC(=O)c2cccs2)cc1)c1ccccc1. The number of thiophene rings is 1. The van der Waals surface area contributed by atoms with Gasteiger partial charge in [0.1, 0.15) is 6.04 Å². The highest BCUT2D eigenvalue weighted by Gasteiger charge is 2.24. The van der Waals surface area contributed by atoms with Crippen LogP contribution in [-0.2, 0) is 4.79 Å². The molecule has 2 N–H and O–H groups in total. The summed E-state index contributed by atoms with van der Waals surface area (Å²) < 4.78 is 0. The van der Waals surface area contributed by atoms with Crippen LogP contribution in [0.15, 0.2) is 72.1 Å². The standard InChI is InChI=1S/C22H23N3O2S/c1-3-25(2)20(16-8-5-4-6-9-16)22(27)24-18-13-11-17(12-14-18)23-21(26)19-10-7-15-28-19/h4-15,20H,3H2,1-2H3,(H,23,26)(H,24,27). The predicted octanol–water partition coefficient (Wildman–Crippen LogP) is 4.63. The lowest BCUT2D eigenvalue weighted by atomic mass is 10.0. The molecule has 2 aromatic carbocycles. The summed E-state index contributed by atoms with van der Waals surface area (Å²) in [6, 6.07) is 20.1. The molecule has 5 nitrogen and oxygen atoms in total. The summed E-state index contributed by atoms with van der Waals surface area (Å²) in [6.45, 7) is 2.77. The van der Waals surface area contributed by atoms with Crippen LogP contribution >= 0.6 is 11.3 Å². The zero-order valence-electron chi connectivity index (χ0n) is 15.9. The van der Waals surface area contributed by atoms with E-state index in [2.05, 4.69) is 10.6 Å². The van der Waals surface area contributed by atoms with Crippen molar-refractivity contribution in [2.75, 3.05) is 24.2 Å². The van der Waals surface area contributed by atoms with Crippen molar-refractivity contribution in [3.8, 4) is 0 Å². The summed E-state index contributed by atoms with van der Waals surface area (Å²) in [5, 5.41) is 7.69. The fourth-order valence-electron chi connectivity index (χ4n) is 2.87. The van der Waals surface area contributed by atoms with Crippen LogP contribution in [0.2, 0.25) is 0 Å². The zero-order valence-corrected chi connectivity index (χ0v) is 16.7. The van der Waals surface area contributed by atoms with Gasteiger partial charge in [0.15, 0.2) is 0 Å². The Kier molecular flexibility index (Phi) is 6.57. The molecule has 3 rings (SSSR count). The maximum absolute atomic E-state index is 12.9. The molecule has 3 aromatic rings. The Morgan fingerprint density at radius 3 is 2.14 bits per heavy atom. The second-order valence-electron chi connectivity index (χ2n) is 6.38. The van der Waals surface area contributed by atoms with Crippen LogP contribution in [0.25, 0.3) is 0 Å². The molecule has 0 radical (unpaired) electrons. The largest absolute Gasteiger partial charge is 0.324 e. The van der Waals surface area contributed by atoms with Gasteiger partial charge in [0, 0.05) is 11.4 Å². The fraction of sp³-hybridized carbons (Fsp3) is 0.182. The van der Waals surface area contributed by atoms with Gasteiger partial charge in [-0.25, -0.2) is 0 Å². The van der Waals surface area contributed by atoms with Crippen LogP contribution in [0.3, 0.4) is 0 Å². The van der Waals surface area contributed by atoms with Crippen LogP contribution in [0.4, 0.5) is 11.4 Å². The van der Waals surface area contributed by atoms with E-state index in [4.69, 9.17) is 0 Å². The number of hydrogen-bond donors (Lipinski definition) is 2. The number of carbonyl (C=O) groups excluding carboxylic acids is 2. The molecule has 0 saturated carbocycles. The molecule has 0 fully saturated rings.